The summed E-state index contributed by atoms with van der Waals surface area (Å²) in [6, 6.07) is 29.0. The Balaban J connectivity index is 1.35. The molecule has 3 aliphatic carbocycles. The molecule has 4 aromatic carbocycles. The Hall–Kier alpha value is -5.48. The van der Waals surface area contributed by atoms with Crippen LogP contribution in [0.1, 0.15) is 39.8 Å². The van der Waals surface area contributed by atoms with E-state index in [0.717, 1.165) is 27.2 Å². The molecular formula is C33H24N4O6. The van der Waals surface area contributed by atoms with Gasteiger partial charge in [0.05, 0.1) is 27.9 Å². The quantitative estimate of drug-likeness (QED) is 0.155. The molecule has 2 bridgehead atoms. The lowest BCUT2D eigenvalue weighted by Gasteiger charge is -2.52. The fourth-order valence-electron chi connectivity index (χ4n) is 7.07. The van der Waals surface area contributed by atoms with Gasteiger partial charge in [0.15, 0.2) is 6.10 Å². The summed E-state index contributed by atoms with van der Waals surface area (Å²) in [6.45, 7) is 0. The van der Waals surface area contributed by atoms with Crippen molar-refractivity contribution in [1.82, 2.24) is 5.43 Å². The summed E-state index contributed by atoms with van der Waals surface area (Å²) in [4.78, 5) is 53.2. The Bertz CT molecular complexity index is 1790. The number of aliphatic hydroxyl groups is 1. The number of hydrogen-bond acceptors (Lipinski definition) is 7. The first-order chi connectivity index (χ1) is 20.8. The zero-order valence-corrected chi connectivity index (χ0v) is 22.5. The number of nitrogens with one attached hydrogen (secondary N) is 1. The highest BCUT2D eigenvalue weighted by Crippen LogP contribution is 2.63. The summed E-state index contributed by atoms with van der Waals surface area (Å²) < 4.78 is 0. The van der Waals surface area contributed by atoms with E-state index in [1.54, 1.807) is 30.3 Å². The fourth-order valence-corrected chi connectivity index (χ4v) is 7.07. The zero-order chi connectivity index (χ0) is 29.9. The van der Waals surface area contributed by atoms with Crippen LogP contribution in [-0.4, -0.2) is 34.0 Å². The summed E-state index contributed by atoms with van der Waals surface area (Å²) in [5, 5.41) is 26.1. The minimum atomic E-state index is -1.46. The third-order valence-corrected chi connectivity index (χ3v) is 8.81. The van der Waals surface area contributed by atoms with Gasteiger partial charge in [-0.1, -0.05) is 78.9 Å². The van der Waals surface area contributed by atoms with Gasteiger partial charge in [-0.25, -0.2) is 10.3 Å². The monoisotopic (exact) mass is 572 g/mol. The molecule has 4 aromatic rings. The van der Waals surface area contributed by atoms with Gasteiger partial charge in [0.25, 0.3) is 11.6 Å². The molecular weight excluding hydrogens is 548 g/mol. The van der Waals surface area contributed by atoms with Crippen molar-refractivity contribution < 1.29 is 24.4 Å². The third kappa shape index (κ3) is 3.76. The van der Waals surface area contributed by atoms with E-state index in [1.165, 1.54) is 30.5 Å². The Kier molecular flexibility index (Phi) is 6.03. The number of nitrogens with zero attached hydrogens (tertiary/aromatic N) is 3. The first-order valence-electron chi connectivity index (χ1n) is 13.7. The van der Waals surface area contributed by atoms with Crippen LogP contribution < -0.4 is 10.3 Å². The zero-order valence-electron chi connectivity index (χ0n) is 22.5. The molecule has 10 nitrogen and oxygen atoms in total. The van der Waals surface area contributed by atoms with Gasteiger partial charge in [-0.05, 0) is 39.9 Å². The lowest BCUT2D eigenvalue weighted by atomic mass is 9.47. The average molecular weight is 573 g/mol. The second-order valence-corrected chi connectivity index (χ2v) is 10.9. The Morgan fingerprint density at radius 1 is 0.884 bits per heavy atom. The molecule has 1 heterocycles. The number of imide groups is 1. The van der Waals surface area contributed by atoms with E-state index in [2.05, 4.69) is 10.5 Å². The molecule has 1 fully saturated rings. The van der Waals surface area contributed by atoms with E-state index in [-0.39, 0.29) is 11.4 Å². The van der Waals surface area contributed by atoms with Crippen LogP contribution in [0.4, 0.5) is 11.4 Å². The van der Waals surface area contributed by atoms with E-state index in [4.69, 9.17) is 0 Å². The number of carbonyl (C=O) groups is 3. The molecule has 4 aliphatic rings. The van der Waals surface area contributed by atoms with Crippen molar-refractivity contribution in [2.45, 2.75) is 17.4 Å². The number of nitro benzene ring substituents is 1. The topological polar surface area (TPSA) is 142 Å². The van der Waals surface area contributed by atoms with Gasteiger partial charge >= 0.3 is 0 Å². The molecule has 0 saturated carbocycles. The fraction of sp³-hybridized carbons (Fsp3) is 0.152. The molecule has 10 heteroatoms. The van der Waals surface area contributed by atoms with Crippen molar-refractivity contribution in [3.05, 3.63) is 141 Å². The predicted octanol–water partition coefficient (Wildman–Crippen LogP) is 3.98. The van der Waals surface area contributed by atoms with Crippen LogP contribution in [0.25, 0.3) is 0 Å². The number of hydrogen-bond donors (Lipinski definition) is 2. The number of hydrazone groups is 1. The van der Waals surface area contributed by atoms with Crippen LogP contribution in [-0.2, 0) is 19.8 Å². The molecule has 0 spiro atoms. The smallest absolute Gasteiger partial charge is 0.273 e. The van der Waals surface area contributed by atoms with E-state index >= 15 is 0 Å². The van der Waals surface area contributed by atoms with E-state index < -0.39 is 51.9 Å². The SMILES string of the molecule is O=C(N/N=C\C12c3ccccc3C(c3ccccc31)[C@@H]1C(=O)N(c3ccc([N+](=O)[O-])cc3)C(=O)[C@@H]12)[C@@H](O)c1ccccc1. The number of rotatable bonds is 6. The molecule has 0 aromatic heterocycles. The highest BCUT2D eigenvalue weighted by atomic mass is 16.6. The highest BCUT2D eigenvalue weighted by molar-refractivity contribution is 6.25. The molecule has 0 unspecified atom stereocenters. The standard InChI is InChI=1S/C33H24N4O6/c38-29(19-8-2-1-3-9-19)30(39)35-34-18-33-24-12-6-4-10-22(24)26(23-11-5-7-13-25(23)33)27-28(33)32(41)36(31(27)40)20-14-16-21(17-15-20)37(42)43/h1-18,26-29,38H,(H,35,39)/b34-18-/t26?,27-,28+,29-,33?/m0/s1. The highest BCUT2D eigenvalue weighted by Gasteiger charge is 2.68. The maximum Gasteiger partial charge on any atom is 0.273 e. The number of nitro groups is 1. The van der Waals surface area contributed by atoms with Crippen LogP contribution in [0.5, 0.6) is 0 Å². The van der Waals surface area contributed by atoms with Gasteiger partial charge < -0.3 is 5.11 Å². The first-order valence-corrected chi connectivity index (χ1v) is 13.7. The largest absolute Gasteiger partial charge is 0.378 e. The normalized spacial score (nSPS) is 23.9. The molecule has 2 N–H and O–H groups in total. The van der Waals surface area contributed by atoms with Crippen LogP contribution in [0.15, 0.2) is 108 Å². The molecule has 1 saturated heterocycles. The minimum absolute atomic E-state index is 0.155. The van der Waals surface area contributed by atoms with Crippen LogP contribution >= 0.6 is 0 Å². The average Bonchev–Trinajstić information content (AvgIpc) is 3.31. The van der Waals surface area contributed by atoms with Crippen molar-refractivity contribution in [3.63, 3.8) is 0 Å². The van der Waals surface area contributed by atoms with Crippen LogP contribution in [0.3, 0.4) is 0 Å². The maximum absolute atomic E-state index is 14.4. The number of carbonyl (C=O) groups excluding carboxylic acids is 3. The van der Waals surface area contributed by atoms with Gasteiger partial charge in [0.2, 0.25) is 11.8 Å². The van der Waals surface area contributed by atoms with Crippen molar-refractivity contribution >= 4 is 35.3 Å². The summed E-state index contributed by atoms with van der Waals surface area (Å²) in [6.07, 6.45) is 0.0512. The molecule has 3 atom stereocenters. The maximum atomic E-state index is 14.4. The summed E-state index contributed by atoms with van der Waals surface area (Å²) in [5.74, 6) is -3.68. The van der Waals surface area contributed by atoms with Gasteiger partial charge in [-0.2, -0.15) is 5.10 Å². The van der Waals surface area contributed by atoms with Crippen LogP contribution in [0, 0.1) is 22.0 Å². The van der Waals surface area contributed by atoms with Crippen LogP contribution in [0.2, 0.25) is 0 Å². The van der Waals surface area contributed by atoms with Gasteiger partial charge in [-0.15, -0.1) is 0 Å². The predicted molar refractivity (Wildman–Crippen MR) is 156 cm³/mol. The number of amides is 3. The molecule has 43 heavy (non-hydrogen) atoms. The summed E-state index contributed by atoms with van der Waals surface area (Å²) in [5.41, 5.74) is 5.08. The van der Waals surface area contributed by atoms with Crippen molar-refractivity contribution in [3.8, 4) is 0 Å². The number of anilines is 1. The number of benzene rings is 4. The Morgan fingerprint density at radius 2 is 1.47 bits per heavy atom. The number of non-ortho nitro benzene ring substituents is 1. The molecule has 1 aliphatic heterocycles. The molecule has 3 amide bonds. The third-order valence-electron chi connectivity index (χ3n) is 8.81. The second kappa shape index (κ2) is 9.81. The van der Waals surface area contributed by atoms with Crippen molar-refractivity contribution in [1.29, 1.82) is 0 Å². The minimum Gasteiger partial charge on any atom is -0.378 e. The lowest BCUT2D eigenvalue weighted by molar-refractivity contribution is -0.384. The van der Waals surface area contributed by atoms with E-state index in [0.29, 0.717) is 5.56 Å². The molecule has 212 valence electrons. The Morgan fingerprint density at radius 3 is 2.07 bits per heavy atom. The van der Waals surface area contributed by atoms with E-state index in [1.807, 2.05) is 48.5 Å². The summed E-state index contributed by atoms with van der Waals surface area (Å²) in [7, 11) is 0. The Labute approximate surface area is 245 Å². The van der Waals surface area contributed by atoms with Gasteiger partial charge in [-0.3, -0.25) is 24.5 Å². The molecule has 8 rings (SSSR count). The summed E-state index contributed by atoms with van der Waals surface area (Å²) >= 11 is 0. The first kappa shape index (κ1) is 26.4. The lowest BCUT2D eigenvalue weighted by Crippen LogP contribution is -2.54. The second-order valence-electron chi connectivity index (χ2n) is 10.9. The van der Waals surface area contributed by atoms with E-state index in [9.17, 15) is 29.6 Å². The number of aliphatic hydroxyl groups excluding tert-OH is 1. The van der Waals surface area contributed by atoms with Gasteiger partial charge in [0.1, 0.15) is 0 Å². The van der Waals surface area contributed by atoms with Gasteiger partial charge in [0, 0.05) is 24.3 Å². The van der Waals surface area contributed by atoms with Crippen molar-refractivity contribution in [2.24, 2.45) is 16.9 Å². The van der Waals surface area contributed by atoms with Crippen molar-refractivity contribution in [2.75, 3.05) is 4.90 Å². The molecule has 0 radical (unpaired) electrons.